The van der Waals surface area contributed by atoms with Gasteiger partial charge in [0.1, 0.15) is 0 Å². The van der Waals surface area contributed by atoms with Crippen LogP contribution in [0.5, 0.6) is 0 Å². The number of hydrogen-bond acceptors (Lipinski definition) is 2. The zero-order chi connectivity index (χ0) is 12.4. The van der Waals surface area contributed by atoms with Gasteiger partial charge in [0.05, 0.1) is 0 Å². The third kappa shape index (κ3) is 5.31. The van der Waals surface area contributed by atoms with Gasteiger partial charge in [0.25, 0.3) is 0 Å². The van der Waals surface area contributed by atoms with E-state index in [1.54, 1.807) is 0 Å². The van der Waals surface area contributed by atoms with E-state index in [0.717, 1.165) is 6.54 Å². The van der Waals surface area contributed by atoms with E-state index in [4.69, 9.17) is 0 Å². The zero-order valence-corrected chi connectivity index (χ0v) is 12.1. The van der Waals surface area contributed by atoms with Crippen molar-refractivity contribution in [2.45, 2.75) is 53.4 Å². The highest BCUT2D eigenvalue weighted by molar-refractivity contribution is 4.82. The molecule has 0 bridgehead atoms. The molecule has 1 N–H and O–H groups in total. The Morgan fingerprint density at radius 1 is 0.938 bits per heavy atom. The second kappa shape index (κ2) is 9.00. The topological polar surface area (TPSA) is 15.3 Å². The molecule has 0 amide bonds. The van der Waals surface area contributed by atoms with Gasteiger partial charge >= 0.3 is 0 Å². The van der Waals surface area contributed by atoms with Crippen LogP contribution >= 0.6 is 0 Å². The average molecular weight is 228 g/mol. The first-order valence-electron chi connectivity index (χ1n) is 7.04. The highest BCUT2D eigenvalue weighted by Gasteiger charge is 2.27. The average Bonchev–Trinajstić information content (AvgIpc) is 2.29. The second-order valence-electron chi connectivity index (χ2n) is 5.01. The van der Waals surface area contributed by atoms with Crippen molar-refractivity contribution in [3.63, 3.8) is 0 Å². The van der Waals surface area contributed by atoms with Crippen LogP contribution in [0, 0.1) is 5.41 Å². The molecule has 0 unspecified atom stereocenters. The van der Waals surface area contributed by atoms with Gasteiger partial charge in [-0.3, -0.25) is 0 Å². The minimum absolute atomic E-state index is 0.471. The normalized spacial score (nSPS) is 12.4. The monoisotopic (exact) mass is 228 g/mol. The standard InChI is InChI=1S/C14H32N2/c1-6-10-16(11-7-2)13-14(8-3,9-4)12-15-5/h15H,6-13H2,1-5H3. The van der Waals surface area contributed by atoms with Crippen LogP contribution in [0.3, 0.4) is 0 Å². The molecule has 0 spiro atoms. The Morgan fingerprint density at radius 2 is 1.44 bits per heavy atom. The Kier molecular flexibility index (Phi) is 8.96. The molecule has 0 atom stereocenters. The van der Waals surface area contributed by atoms with Gasteiger partial charge in [0.15, 0.2) is 0 Å². The molecule has 0 aromatic carbocycles. The summed E-state index contributed by atoms with van der Waals surface area (Å²) in [6, 6.07) is 0. The Labute approximate surface area is 103 Å². The second-order valence-corrected chi connectivity index (χ2v) is 5.01. The van der Waals surface area contributed by atoms with Crippen molar-refractivity contribution >= 4 is 0 Å². The lowest BCUT2D eigenvalue weighted by molar-refractivity contribution is 0.136. The molecule has 98 valence electrons. The van der Waals surface area contributed by atoms with Gasteiger partial charge < -0.3 is 10.2 Å². The lowest BCUT2D eigenvalue weighted by Gasteiger charge is -2.37. The van der Waals surface area contributed by atoms with Crippen LogP contribution < -0.4 is 5.32 Å². The first-order chi connectivity index (χ1) is 7.67. The van der Waals surface area contributed by atoms with Crippen LogP contribution in [0.1, 0.15) is 53.4 Å². The van der Waals surface area contributed by atoms with Crippen LogP contribution in [-0.4, -0.2) is 38.1 Å². The fraction of sp³-hybridized carbons (Fsp3) is 1.00. The maximum atomic E-state index is 3.37. The van der Waals surface area contributed by atoms with Crippen LogP contribution in [0.2, 0.25) is 0 Å². The number of nitrogens with one attached hydrogen (secondary N) is 1. The molecule has 2 nitrogen and oxygen atoms in total. The fourth-order valence-corrected chi connectivity index (χ4v) is 2.53. The third-order valence-corrected chi connectivity index (χ3v) is 3.69. The molecule has 0 radical (unpaired) electrons. The maximum absolute atomic E-state index is 3.37. The van der Waals surface area contributed by atoms with Crippen LogP contribution in [0.25, 0.3) is 0 Å². The van der Waals surface area contributed by atoms with E-state index >= 15 is 0 Å². The highest BCUT2D eigenvalue weighted by Crippen LogP contribution is 2.27. The van der Waals surface area contributed by atoms with Gasteiger partial charge in [-0.2, -0.15) is 0 Å². The van der Waals surface area contributed by atoms with E-state index in [-0.39, 0.29) is 0 Å². The van der Waals surface area contributed by atoms with E-state index in [0.29, 0.717) is 5.41 Å². The van der Waals surface area contributed by atoms with Crippen LogP contribution in [0.15, 0.2) is 0 Å². The number of nitrogens with zero attached hydrogens (tertiary/aromatic N) is 1. The molecule has 0 aliphatic carbocycles. The van der Waals surface area contributed by atoms with E-state index in [2.05, 4.69) is 45.0 Å². The number of hydrogen-bond donors (Lipinski definition) is 1. The smallest absolute Gasteiger partial charge is 0.00499 e. The molecule has 16 heavy (non-hydrogen) atoms. The Balaban J connectivity index is 4.41. The van der Waals surface area contributed by atoms with Gasteiger partial charge in [-0.05, 0) is 51.2 Å². The SMILES string of the molecule is CCCN(CCC)CC(CC)(CC)CNC. The van der Waals surface area contributed by atoms with Crippen molar-refractivity contribution in [1.82, 2.24) is 10.2 Å². The molecule has 0 aliphatic rings. The summed E-state index contributed by atoms with van der Waals surface area (Å²) in [6.07, 6.45) is 5.08. The molecule has 2 heteroatoms. The first kappa shape index (κ1) is 15.9. The van der Waals surface area contributed by atoms with Crippen LogP contribution in [0.4, 0.5) is 0 Å². The highest BCUT2D eigenvalue weighted by atomic mass is 15.1. The van der Waals surface area contributed by atoms with E-state index in [9.17, 15) is 0 Å². The van der Waals surface area contributed by atoms with E-state index in [1.807, 2.05) is 0 Å². The summed E-state index contributed by atoms with van der Waals surface area (Å²) < 4.78 is 0. The van der Waals surface area contributed by atoms with Gasteiger partial charge in [-0.25, -0.2) is 0 Å². The van der Waals surface area contributed by atoms with Crippen LogP contribution in [-0.2, 0) is 0 Å². The van der Waals surface area contributed by atoms with Crippen molar-refractivity contribution < 1.29 is 0 Å². The zero-order valence-electron chi connectivity index (χ0n) is 12.1. The molecule has 0 aromatic rings. The molecule has 0 saturated carbocycles. The lowest BCUT2D eigenvalue weighted by atomic mass is 9.81. The number of rotatable bonds is 10. The van der Waals surface area contributed by atoms with E-state index < -0.39 is 0 Å². The van der Waals surface area contributed by atoms with Crippen molar-refractivity contribution in [2.75, 3.05) is 33.2 Å². The van der Waals surface area contributed by atoms with Gasteiger partial charge in [0, 0.05) is 13.1 Å². The molecule has 0 fully saturated rings. The summed E-state index contributed by atoms with van der Waals surface area (Å²) in [4.78, 5) is 2.64. The Bertz CT molecular complexity index is 147. The minimum atomic E-state index is 0.471. The molecule has 0 saturated heterocycles. The van der Waals surface area contributed by atoms with Crippen molar-refractivity contribution in [1.29, 1.82) is 0 Å². The van der Waals surface area contributed by atoms with Crippen molar-refractivity contribution in [3.05, 3.63) is 0 Å². The van der Waals surface area contributed by atoms with Gasteiger partial charge in [-0.15, -0.1) is 0 Å². The molecule has 0 rings (SSSR count). The third-order valence-electron chi connectivity index (χ3n) is 3.69. The molecule has 0 aliphatic heterocycles. The van der Waals surface area contributed by atoms with Gasteiger partial charge in [-0.1, -0.05) is 27.7 Å². The predicted octanol–water partition coefficient (Wildman–Crippen LogP) is 3.13. The lowest BCUT2D eigenvalue weighted by Crippen LogP contribution is -2.43. The summed E-state index contributed by atoms with van der Waals surface area (Å²) in [6.45, 7) is 14.1. The largest absolute Gasteiger partial charge is 0.319 e. The minimum Gasteiger partial charge on any atom is -0.319 e. The molecular weight excluding hydrogens is 196 g/mol. The molecule has 0 aromatic heterocycles. The van der Waals surface area contributed by atoms with Gasteiger partial charge in [0.2, 0.25) is 0 Å². The predicted molar refractivity (Wildman–Crippen MR) is 74.0 cm³/mol. The Hall–Kier alpha value is -0.0800. The van der Waals surface area contributed by atoms with Crippen molar-refractivity contribution in [2.24, 2.45) is 5.41 Å². The van der Waals surface area contributed by atoms with E-state index in [1.165, 1.54) is 45.3 Å². The maximum Gasteiger partial charge on any atom is 0.00499 e. The summed E-state index contributed by atoms with van der Waals surface area (Å²) in [5, 5.41) is 3.37. The summed E-state index contributed by atoms with van der Waals surface area (Å²) in [5.41, 5.74) is 0.471. The quantitative estimate of drug-likeness (QED) is 0.618. The Morgan fingerprint density at radius 3 is 1.75 bits per heavy atom. The summed E-state index contributed by atoms with van der Waals surface area (Å²) in [7, 11) is 2.07. The summed E-state index contributed by atoms with van der Waals surface area (Å²) in [5.74, 6) is 0. The first-order valence-corrected chi connectivity index (χ1v) is 7.04. The molecular formula is C14H32N2. The van der Waals surface area contributed by atoms with Crippen molar-refractivity contribution in [3.8, 4) is 0 Å². The molecule has 0 heterocycles. The fourth-order valence-electron chi connectivity index (χ4n) is 2.53. The summed E-state index contributed by atoms with van der Waals surface area (Å²) >= 11 is 0.